The second-order valence-electron chi connectivity index (χ2n) is 6.37. The van der Waals surface area contributed by atoms with E-state index in [0.717, 1.165) is 24.2 Å². The van der Waals surface area contributed by atoms with Gasteiger partial charge in [-0.25, -0.2) is 0 Å². The van der Waals surface area contributed by atoms with Gasteiger partial charge in [-0.05, 0) is 50.1 Å². The molecule has 25 heavy (non-hydrogen) atoms. The Balaban J connectivity index is 2.00. The molecule has 0 amide bonds. The first-order valence-electron chi connectivity index (χ1n) is 8.73. The highest BCUT2D eigenvalue weighted by Gasteiger charge is 2.32. The summed E-state index contributed by atoms with van der Waals surface area (Å²) in [6.45, 7) is 8.73. The number of ketones is 1. The molecule has 1 aliphatic heterocycles. The van der Waals surface area contributed by atoms with Gasteiger partial charge in [0.05, 0.1) is 24.2 Å². The van der Waals surface area contributed by atoms with Crippen molar-refractivity contribution in [3.8, 4) is 11.5 Å². The molecule has 1 aliphatic rings. The number of nitrogens with one attached hydrogen (secondary N) is 1. The summed E-state index contributed by atoms with van der Waals surface area (Å²) < 4.78 is 5.92. The average molecular weight is 338 g/mol. The Bertz CT molecular complexity index is 835. The van der Waals surface area contributed by atoms with Crippen LogP contribution in [0.3, 0.4) is 0 Å². The molecule has 0 spiro atoms. The molecule has 130 valence electrons. The second-order valence-corrected chi connectivity index (χ2v) is 6.37. The van der Waals surface area contributed by atoms with Crippen molar-refractivity contribution in [1.82, 2.24) is 0 Å². The van der Waals surface area contributed by atoms with Crippen molar-refractivity contribution in [1.29, 1.82) is 0 Å². The number of hydrogen-bond donors (Lipinski definition) is 2. The Hall–Kier alpha value is -2.59. The molecule has 0 fully saturated rings. The summed E-state index contributed by atoms with van der Waals surface area (Å²) in [6, 6.07) is 11.1. The van der Waals surface area contributed by atoms with Gasteiger partial charge in [0.1, 0.15) is 12.3 Å². The lowest BCUT2D eigenvalue weighted by atomic mass is 10.0. The molecule has 2 N–H and O–H groups in total. The van der Waals surface area contributed by atoms with E-state index in [0.29, 0.717) is 29.2 Å². The minimum Gasteiger partial charge on any atom is -0.507 e. The Morgan fingerprint density at radius 3 is 2.52 bits per heavy atom. The number of carbonyl (C=O) groups is 1. The van der Waals surface area contributed by atoms with Gasteiger partial charge in [0.15, 0.2) is 11.5 Å². The number of fused-ring (bicyclic) bond motifs is 1. The van der Waals surface area contributed by atoms with Gasteiger partial charge in [-0.2, -0.15) is 0 Å². The van der Waals surface area contributed by atoms with Crippen LogP contribution < -0.4 is 9.64 Å². The van der Waals surface area contributed by atoms with Crippen LogP contribution in [0.2, 0.25) is 0 Å². The fourth-order valence-corrected chi connectivity index (χ4v) is 3.11. The number of carbonyl (C=O) groups excluding carboxylic acids is 1. The molecule has 0 saturated carbocycles. The first kappa shape index (κ1) is 17.2. The van der Waals surface area contributed by atoms with Crippen LogP contribution in [0.15, 0.2) is 42.2 Å². The average Bonchev–Trinajstić information content (AvgIpc) is 2.92. The van der Waals surface area contributed by atoms with Crippen molar-refractivity contribution < 1.29 is 19.5 Å². The monoisotopic (exact) mass is 338 g/mol. The van der Waals surface area contributed by atoms with E-state index in [1.807, 2.05) is 31.2 Å². The zero-order valence-electron chi connectivity index (χ0n) is 14.9. The van der Waals surface area contributed by atoms with Gasteiger partial charge in [-0.3, -0.25) is 4.79 Å². The van der Waals surface area contributed by atoms with E-state index in [-0.39, 0.29) is 11.5 Å². The van der Waals surface area contributed by atoms with Gasteiger partial charge in [0.25, 0.3) is 0 Å². The quantitative estimate of drug-likeness (QED) is 0.824. The van der Waals surface area contributed by atoms with Crippen molar-refractivity contribution >= 4 is 11.9 Å². The second kappa shape index (κ2) is 7.11. The van der Waals surface area contributed by atoms with Crippen LogP contribution in [-0.4, -0.2) is 24.0 Å². The van der Waals surface area contributed by atoms with Crippen molar-refractivity contribution in [3.05, 3.63) is 64.4 Å². The number of benzene rings is 2. The highest BCUT2D eigenvalue weighted by Crippen LogP contribution is 2.39. The van der Waals surface area contributed by atoms with E-state index in [1.54, 1.807) is 18.2 Å². The van der Waals surface area contributed by atoms with Gasteiger partial charge in [-0.15, -0.1) is 0 Å². The van der Waals surface area contributed by atoms with Crippen molar-refractivity contribution in [2.45, 2.75) is 27.3 Å². The third-order valence-corrected chi connectivity index (χ3v) is 4.82. The van der Waals surface area contributed by atoms with Crippen LogP contribution in [0.25, 0.3) is 6.08 Å². The summed E-state index contributed by atoms with van der Waals surface area (Å²) >= 11 is 0. The number of rotatable bonds is 5. The van der Waals surface area contributed by atoms with Crippen molar-refractivity contribution in [3.63, 3.8) is 0 Å². The molecule has 3 rings (SSSR count). The predicted molar refractivity (Wildman–Crippen MR) is 98.0 cm³/mol. The maximum atomic E-state index is 12.7. The predicted octanol–water partition coefficient (Wildman–Crippen LogP) is 2.74. The molecule has 0 aliphatic carbocycles. The van der Waals surface area contributed by atoms with Gasteiger partial charge in [0, 0.05) is 0 Å². The minimum atomic E-state index is -0.131. The van der Waals surface area contributed by atoms with E-state index >= 15 is 0 Å². The van der Waals surface area contributed by atoms with Gasteiger partial charge < -0.3 is 14.7 Å². The largest absolute Gasteiger partial charge is 0.507 e. The van der Waals surface area contributed by atoms with Gasteiger partial charge >= 0.3 is 0 Å². The minimum absolute atomic E-state index is 0.131. The number of Topliss-reactive ketones (excluding diaryl/α,β-unsaturated/α-hetero) is 1. The molecular weight excluding hydrogens is 314 g/mol. The fourth-order valence-electron chi connectivity index (χ4n) is 3.11. The molecule has 0 unspecified atom stereocenters. The van der Waals surface area contributed by atoms with Crippen LogP contribution >= 0.6 is 0 Å². The number of aryl methyl sites for hydroxylation is 1. The van der Waals surface area contributed by atoms with Crippen molar-refractivity contribution in [2.24, 2.45) is 0 Å². The normalized spacial score (nSPS) is 14.9. The third-order valence-electron chi connectivity index (χ3n) is 4.82. The number of aromatic hydroxyl groups is 1. The topological polar surface area (TPSA) is 51.0 Å². The van der Waals surface area contributed by atoms with Crippen LogP contribution in [0.4, 0.5) is 0 Å². The smallest absolute Gasteiger partial charge is 0.231 e. The molecule has 0 atom stereocenters. The summed E-state index contributed by atoms with van der Waals surface area (Å²) in [5.41, 5.74) is 3.27. The summed E-state index contributed by atoms with van der Waals surface area (Å²) in [5, 5.41) is 10.3. The Morgan fingerprint density at radius 2 is 1.84 bits per heavy atom. The molecule has 2 aromatic rings. The maximum Gasteiger partial charge on any atom is 0.231 e. The van der Waals surface area contributed by atoms with E-state index in [2.05, 4.69) is 13.8 Å². The molecular formula is C21H24NO3+. The molecule has 0 saturated heterocycles. The van der Waals surface area contributed by atoms with Crippen molar-refractivity contribution in [2.75, 3.05) is 13.1 Å². The Labute approximate surface area is 148 Å². The van der Waals surface area contributed by atoms with Crippen LogP contribution in [-0.2, 0) is 6.54 Å². The standard InChI is InChI=1S/C21H23NO3/c1-4-22(5-2)13-17-18(23)11-10-16-20(24)19(25-21(16)17)12-15-9-7-6-8-14(15)3/h6-12,23H,4-5,13H2,1-3H3/p+1. The zero-order chi connectivity index (χ0) is 18.0. The molecule has 2 aromatic carbocycles. The highest BCUT2D eigenvalue weighted by atomic mass is 16.5. The summed E-state index contributed by atoms with van der Waals surface area (Å²) in [5.74, 6) is 0.868. The molecule has 4 heteroatoms. The molecule has 0 bridgehead atoms. The lowest BCUT2D eigenvalue weighted by molar-refractivity contribution is -0.910. The third kappa shape index (κ3) is 3.30. The van der Waals surface area contributed by atoms with E-state index in [9.17, 15) is 9.90 Å². The zero-order valence-corrected chi connectivity index (χ0v) is 14.9. The first-order valence-corrected chi connectivity index (χ1v) is 8.73. The fraction of sp³-hybridized carbons (Fsp3) is 0.286. The SMILES string of the molecule is CC[NH+](CC)Cc1c(O)ccc2c1OC(=Cc1ccccc1C)C2=O. The summed E-state index contributed by atoms with van der Waals surface area (Å²) in [6.07, 6.45) is 1.78. The lowest BCUT2D eigenvalue weighted by Crippen LogP contribution is -3.10. The Kier molecular flexibility index (Phi) is 4.91. The van der Waals surface area contributed by atoms with E-state index in [4.69, 9.17) is 4.74 Å². The summed E-state index contributed by atoms with van der Waals surface area (Å²) in [4.78, 5) is 14.0. The van der Waals surface area contributed by atoms with Crippen LogP contribution in [0.1, 0.15) is 40.9 Å². The highest BCUT2D eigenvalue weighted by molar-refractivity contribution is 6.15. The van der Waals surface area contributed by atoms with Crippen LogP contribution in [0, 0.1) is 6.92 Å². The number of phenols is 1. The number of quaternary nitrogens is 1. The van der Waals surface area contributed by atoms with Gasteiger partial charge in [-0.1, -0.05) is 24.3 Å². The number of phenolic OH excluding ortho intramolecular Hbond substituents is 1. The maximum absolute atomic E-state index is 12.7. The summed E-state index contributed by atoms with van der Waals surface area (Å²) in [7, 11) is 0. The number of hydrogen-bond acceptors (Lipinski definition) is 3. The van der Waals surface area contributed by atoms with E-state index < -0.39 is 0 Å². The number of allylic oxidation sites excluding steroid dienone is 1. The number of ether oxygens (including phenoxy) is 1. The molecule has 0 radical (unpaired) electrons. The Morgan fingerprint density at radius 1 is 1.12 bits per heavy atom. The molecule has 4 nitrogen and oxygen atoms in total. The van der Waals surface area contributed by atoms with Crippen LogP contribution in [0.5, 0.6) is 11.5 Å². The molecule has 0 aromatic heterocycles. The lowest BCUT2D eigenvalue weighted by Gasteiger charge is -2.17. The first-order chi connectivity index (χ1) is 12.0. The molecule has 1 heterocycles. The van der Waals surface area contributed by atoms with E-state index in [1.165, 1.54) is 4.90 Å². The van der Waals surface area contributed by atoms with Gasteiger partial charge in [0.2, 0.25) is 5.78 Å².